The zero-order valence-electron chi connectivity index (χ0n) is 26.0. The summed E-state index contributed by atoms with van der Waals surface area (Å²) in [7, 11) is 3.12. The Labute approximate surface area is 284 Å². The molecule has 2 N–H and O–H groups in total. The molecule has 12 heteroatoms. The number of aryl methyl sites for hydroxylation is 1. The molecule has 46 heavy (non-hydrogen) atoms. The third kappa shape index (κ3) is 8.90. The van der Waals surface area contributed by atoms with Gasteiger partial charge in [0.2, 0.25) is 11.8 Å². The second kappa shape index (κ2) is 16.3. The van der Waals surface area contributed by atoms with Crippen molar-refractivity contribution in [1.82, 2.24) is 15.6 Å². The van der Waals surface area contributed by atoms with Gasteiger partial charge in [-0.3, -0.25) is 14.4 Å². The summed E-state index contributed by atoms with van der Waals surface area (Å²) >= 11 is 13.3. The lowest BCUT2D eigenvalue weighted by Gasteiger charge is -2.21. The van der Waals surface area contributed by atoms with Crippen LogP contribution < -0.4 is 25.0 Å². The van der Waals surface area contributed by atoms with Gasteiger partial charge in [0.1, 0.15) is 23.6 Å². The largest absolute Gasteiger partial charge is 0.490 e. The number of nitrogens with one attached hydrogen (secondary N) is 2. The predicted octanol–water partition coefficient (Wildman–Crippen LogP) is 6.79. The van der Waals surface area contributed by atoms with Crippen molar-refractivity contribution in [2.45, 2.75) is 33.5 Å². The summed E-state index contributed by atoms with van der Waals surface area (Å²) in [6.45, 7) is 5.57. The maximum atomic E-state index is 13.0. The standard InChI is InChI=1S/C34H34Cl2N4O5.ClH/c1-20(2)45-29-17-21(3)39-33-24(29)7-6-8-28(33)44-19-25-26(35)14-15-27(32(25)36)40(5)31(42)18-38-30(41)16-11-22-9-12-23(13-10-22)34(43)37-4;/h6-17,20H,18-19H2,1-5H3,(H,37,43)(H,38,41);1H/b16-11+;. The van der Waals surface area contributed by atoms with Gasteiger partial charge in [0.05, 0.1) is 23.4 Å². The predicted molar refractivity (Wildman–Crippen MR) is 186 cm³/mol. The third-order valence-electron chi connectivity index (χ3n) is 6.77. The highest BCUT2D eigenvalue weighted by atomic mass is 35.5. The number of likely N-dealkylation sites (N-methyl/N-ethyl adjacent to an activating group) is 1. The van der Waals surface area contributed by atoms with E-state index < -0.39 is 11.8 Å². The van der Waals surface area contributed by atoms with E-state index in [9.17, 15) is 14.4 Å². The molecule has 3 aromatic carbocycles. The first-order valence-corrected chi connectivity index (χ1v) is 14.9. The molecule has 0 saturated heterocycles. The van der Waals surface area contributed by atoms with Gasteiger partial charge in [0, 0.05) is 53.5 Å². The van der Waals surface area contributed by atoms with Crippen molar-refractivity contribution in [3.8, 4) is 11.5 Å². The van der Waals surface area contributed by atoms with Gasteiger partial charge in [-0.2, -0.15) is 0 Å². The minimum Gasteiger partial charge on any atom is -0.490 e. The smallest absolute Gasteiger partial charge is 0.251 e. The fourth-order valence-electron chi connectivity index (χ4n) is 4.44. The summed E-state index contributed by atoms with van der Waals surface area (Å²) < 4.78 is 12.2. The zero-order chi connectivity index (χ0) is 32.7. The fourth-order valence-corrected chi connectivity index (χ4v) is 5.05. The zero-order valence-corrected chi connectivity index (χ0v) is 28.3. The summed E-state index contributed by atoms with van der Waals surface area (Å²) in [5.41, 5.74) is 3.57. The number of ether oxygens (including phenoxy) is 2. The molecular formula is C34H35Cl3N4O5. The second-order valence-electron chi connectivity index (χ2n) is 10.4. The lowest BCUT2D eigenvalue weighted by Crippen LogP contribution is -2.37. The van der Waals surface area contributed by atoms with Crippen LogP contribution in [0.25, 0.3) is 17.0 Å². The van der Waals surface area contributed by atoms with Crippen LogP contribution in [0.3, 0.4) is 0 Å². The van der Waals surface area contributed by atoms with Crippen molar-refractivity contribution in [3.05, 3.63) is 99.2 Å². The summed E-state index contributed by atoms with van der Waals surface area (Å²) in [5.74, 6) is 0.202. The van der Waals surface area contributed by atoms with E-state index in [1.165, 1.54) is 11.0 Å². The SMILES string of the molecule is CNC(=O)c1ccc(/C=C/C(=O)NCC(=O)N(C)c2ccc(Cl)c(COc3cccc4c(OC(C)C)cc(C)nc34)c2Cl)cc1.Cl. The van der Waals surface area contributed by atoms with Gasteiger partial charge in [-0.05, 0) is 68.8 Å². The van der Waals surface area contributed by atoms with Crippen LogP contribution >= 0.6 is 35.6 Å². The van der Waals surface area contributed by atoms with Crippen LogP contribution in [0.1, 0.15) is 41.0 Å². The Hall–Kier alpha value is -4.31. The Morgan fingerprint density at radius 2 is 1.74 bits per heavy atom. The van der Waals surface area contributed by atoms with E-state index in [-0.39, 0.29) is 42.6 Å². The highest BCUT2D eigenvalue weighted by Gasteiger charge is 2.20. The van der Waals surface area contributed by atoms with Gasteiger partial charge in [-0.25, -0.2) is 4.98 Å². The number of pyridine rings is 1. The van der Waals surface area contributed by atoms with Crippen molar-refractivity contribution in [2.75, 3.05) is 25.5 Å². The van der Waals surface area contributed by atoms with Gasteiger partial charge in [0.25, 0.3) is 5.91 Å². The van der Waals surface area contributed by atoms with E-state index in [1.807, 2.05) is 45.0 Å². The molecule has 0 radical (unpaired) electrons. The number of benzene rings is 3. The summed E-state index contributed by atoms with van der Waals surface area (Å²) in [5, 5.41) is 6.57. The number of nitrogens with zero attached hydrogens (tertiary/aromatic N) is 2. The number of halogens is 3. The highest BCUT2D eigenvalue weighted by Crippen LogP contribution is 2.36. The minimum absolute atomic E-state index is 0. The Morgan fingerprint density at radius 3 is 2.41 bits per heavy atom. The molecule has 0 fully saturated rings. The monoisotopic (exact) mass is 684 g/mol. The third-order valence-corrected chi connectivity index (χ3v) is 7.55. The Morgan fingerprint density at radius 1 is 1.02 bits per heavy atom. The number of hydrogen-bond donors (Lipinski definition) is 2. The number of anilines is 1. The molecule has 4 rings (SSSR count). The molecule has 9 nitrogen and oxygen atoms in total. The molecular weight excluding hydrogens is 651 g/mol. The number of rotatable bonds is 11. The maximum absolute atomic E-state index is 13.0. The van der Waals surface area contributed by atoms with Crippen LogP contribution in [0.15, 0.2) is 66.7 Å². The molecule has 1 aromatic heterocycles. The fraction of sp³-hybridized carbons (Fsp3) is 0.235. The number of fused-ring (bicyclic) bond motifs is 1. The van der Waals surface area contributed by atoms with Crippen molar-refractivity contribution < 1.29 is 23.9 Å². The highest BCUT2D eigenvalue weighted by molar-refractivity contribution is 6.38. The topological polar surface area (TPSA) is 110 Å². The van der Waals surface area contributed by atoms with Gasteiger partial charge in [0.15, 0.2) is 0 Å². The van der Waals surface area contributed by atoms with E-state index in [1.54, 1.807) is 56.6 Å². The van der Waals surface area contributed by atoms with Crippen molar-refractivity contribution in [1.29, 1.82) is 0 Å². The quantitative estimate of drug-likeness (QED) is 0.168. The van der Waals surface area contributed by atoms with E-state index in [0.717, 1.165) is 22.4 Å². The maximum Gasteiger partial charge on any atom is 0.251 e. The molecule has 0 saturated carbocycles. The molecule has 0 aliphatic carbocycles. The molecule has 0 bridgehead atoms. The summed E-state index contributed by atoms with van der Waals surface area (Å²) in [4.78, 5) is 43.0. The van der Waals surface area contributed by atoms with Crippen LogP contribution in [0, 0.1) is 6.92 Å². The molecule has 0 atom stereocenters. The molecule has 0 aliphatic rings. The van der Waals surface area contributed by atoms with E-state index in [4.69, 9.17) is 32.7 Å². The van der Waals surface area contributed by atoms with Gasteiger partial charge in [-0.15, -0.1) is 12.4 Å². The van der Waals surface area contributed by atoms with Crippen LogP contribution in [0.2, 0.25) is 10.0 Å². The number of carbonyl (C=O) groups excluding carboxylic acids is 3. The average Bonchev–Trinajstić information content (AvgIpc) is 3.02. The summed E-state index contributed by atoms with van der Waals surface area (Å²) in [6, 6.07) is 17.5. The molecule has 3 amide bonds. The molecule has 0 unspecified atom stereocenters. The van der Waals surface area contributed by atoms with Gasteiger partial charge in [-0.1, -0.05) is 41.4 Å². The van der Waals surface area contributed by atoms with E-state index >= 15 is 0 Å². The number of carbonyl (C=O) groups is 3. The molecule has 0 aliphatic heterocycles. The number of amides is 3. The Bertz CT molecular complexity index is 1760. The van der Waals surface area contributed by atoms with E-state index in [2.05, 4.69) is 15.6 Å². The van der Waals surface area contributed by atoms with Crippen LogP contribution in [0.4, 0.5) is 5.69 Å². The molecule has 4 aromatic rings. The second-order valence-corrected chi connectivity index (χ2v) is 11.2. The van der Waals surface area contributed by atoms with Crippen LogP contribution in [-0.2, 0) is 16.2 Å². The average molecular weight is 686 g/mol. The van der Waals surface area contributed by atoms with Crippen molar-refractivity contribution in [2.24, 2.45) is 0 Å². The number of aromatic nitrogens is 1. The van der Waals surface area contributed by atoms with Gasteiger partial charge >= 0.3 is 0 Å². The van der Waals surface area contributed by atoms with Gasteiger partial charge < -0.3 is 25.0 Å². The first kappa shape index (κ1) is 36.2. The Balaban J connectivity index is 0.00000576. The minimum atomic E-state index is -0.454. The van der Waals surface area contributed by atoms with Crippen molar-refractivity contribution >= 4 is 76.0 Å². The van der Waals surface area contributed by atoms with Crippen molar-refractivity contribution in [3.63, 3.8) is 0 Å². The first-order valence-electron chi connectivity index (χ1n) is 14.2. The molecule has 1 heterocycles. The Kier molecular flexibility index (Phi) is 12.8. The van der Waals surface area contributed by atoms with Crippen LogP contribution in [-0.4, -0.2) is 49.4 Å². The lowest BCUT2D eigenvalue weighted by molar-refractivity contribution is -0.122. The molecule has 242 valence electrons. The summed E-state index contributed by atoms with van der Waals surface area (Å²) in [6.07, 6.45) is 2.89. The first-order chi connectivity index (χ1) is 21.5. The lowest BCUT2D eigenvalue weighted by atomic mass is 10.1. The van der Waals surface area contributed by atoms with Crippen LogP contribution in [0.5, 0.6) is 11.5 Å². The van der Waals surface area contributed by atoms with E-state index in [0.29, 0.717) is 33.1 Å². The molecule has 0 spiro atoms. The number of hydrogen-bond acceptors (Lipinski definition) is 6. The normalized spacial score (nSPS) is 10.9. The number of para-hydroxylation sites is 1.